The lowest BCUT2D eigenvalue weighted by atomic mass is 10.0. The van der Waals surface area contributed by atoms with Gasteiger partial charge in [0.25, 0.3) is 0 Å². The molecule has 0 saturated heterocycles. The smallest absolute Gasteiger partial charge is 0.101 e. The van der Waals surface area contributed by atoms with Gasteiger partial charge in [0.1, 0.15) is 6.10 Å². The van der Waals surface area contributed by atoms with E-state index in [4.69, 9.17) is 0 Å². The van der Waals surface area contributed by atoms with Crippen LogP contribution < -0.4 is 0 Å². The van der Waals surface area contributed by atoms with Gasteiger partial charge in [0.2, 0.25) is 0 Å². The molecule has 19 heavy (non-hydrogen) atoms. The zero-order chi connectivity index (χ0) is 14.0. The average Bonchev–Trinajstić information content (AvgIpc) is 2.68. The lowest BCUT2D eigenvalue weighted by Gasteiger charge is -2.24. The van der Waals surface area contributed by atoms with E-state index in [2.05, 4.69) is 25.9 Å². The van der Waals surface area contributed by atoms with E-state index in [-0.39, 0.29) is 6.04 Å². The van der Waals surface area contributed by atoms with Gasteiger partial charge in [-0.1, -0.05) is 37.3 Å². The fraction of sp³-hybridized carbons (Fsp3) is 0.438. The third-order valence-corrected chi connectivity index (χ3v) is 3.92. The topological polar surface area (TPSA) is 38.0 Å². The number of aryl methyl sites for hydroxylation is 1. The summed E-state index contributed by atoms with van der Waals surface area (Å²) < 4.78 is 1.97. The quantitative estimate of drug-likeness (QED) is 0.911. The van der Waals surface area contributed by atoms with Crippen molar-refractivity contribution in [3.63, 3.8) is 0 Å². The first-order valence-corrected chi connectivity index (χ1v) is 6.81. The van der Waals surface area contributed by atoms with Crippen LogP contribution in [0.3, 0.4) is 0 Å². The number of hydrogen-bond acceptors (Lipinski definition) is 2. The molecule has 0 bridgehead atoms. The van der Waals surface area contributed by atoms with Gasteiger partial charge in [-0.3, -0.25) is 4.68 Å². The van der Waals surface area contributed by atoms with Crippen molar-refractivity contribution in [1.82, 2.24) is 9.78 Å². The van der Waals surface area contributed by atoms with Crippen molar-refractivity contribution in [3.05, 3.63) is 52.8 Å². The Bertz CT molecular complexity index is 545. The standard InChI is InChI=1S/C16H22N2O/c1-5-15(16(19)14-9-7-6-8-10-14)18-13(4)11(2)12(3)17-18/h6-10,15-16,19H,5H2,1-4H3. The van der Waals surface area contributed by atoms with Gasteiger partial charge in [0, 0.05) is 5.69 Å². The lowest BCUT2D eigenvalue weighted by Crippen LogP contribution is -2.19. The molecule has 0 aliphatic carbocycles. The van der Waals surface area contributed by atoms with Gasteiger partial charge in [-0.15, -0.1) is 0 Å². The van der Waals surface area contributed by atoms with Crippen molar-refractivity contribution >= 4 is 0 Å². The average molecular weight is 258 g/mol. The highest BCUT2D eigenvalue weighted by Gasteiger charge is 2.24. The van der Waals surface area contributed by atoms with E-state index in [9.17, 15) is 5.11 Å². The molecule has 2 unspecified atom stereocenters. The Morgan fingerprint density at radius 1 is 1.16 bits per heavy atom. The Balaban J connectivity index is 2.37. The van der Waals surface area contributed by atoms with Crippen LogP contribution in [0.2, 0.25) is 0 Å². The van der Waals surface area contributed by atoms with Crippen molar-refractivity contribution < 1.29 is 5.11 Å². The summed E-state index contributed by atoms with van der Waals surface area (Å²) in [6, 6.07) is 9.78. The van der Waals surface area contributed by atoms with E-state index in [0.717, 1.165) is 23.4 Å². The summed E-state index contributed by atoms with van der Waals surface area (Å²) in [5.41, 5.74) is 4.33. The molecule has 0 aliphatic heterocycles. The van der Waals surface area contributed by atoms with E-state index < -0.39 is 6.10 Å². The zero-order valence-corrected chi connectivity index (χ0v) is 12.1. The fourth-order valence-corrected chi connectivity index (χ4v) is 2.47. The highest BCUT2D eigenvalue weighted by molar-refractivity contribution is 5.24. The molecule has 3 nitrogen and oxygen atoms in total. The molecule has 1 N–H and O–H groups in total. The van der Waals surface area contributed by atoms with Crippen molar-refractivity contribution in [2.75, 3.05) is 0 Å². The maximum absolute atomic E-state index is 10.6. The van der Waals surface area contributed by atoms with Gasteiger partial charge >= 0.3 is 0 Å². The first-order chi connectivity index (χ1) is 9.06. The number of aromatic nitrogens is 2. The monoisotopic (exact) mass is 258 g/mol. The molecule has 102 valence electrons. The van der Waals surface area contributed by atoms with Crippen LogP contribution in [-0.4, -0.2) is 14.9 Å². The molecule has 0 spiro atoms. The zero-order valence-electron chi connectivity index (χ0n) is 12.1. The van der Waals surface area contributed by atoms with Gasteiger partial charge in [0.05, 0.1) is 11.7 Å². The molecule has 2 rings (SSSR count). The number of hydrogen-bond donors (Lipinski definition) is 1. The summed E-state index contributed by atoms with van der Waals surface area (Å²) in [6.07, 6.45) is 0.320. The summed E-state index contributed by atoms with van der Waals surface area (Å²) >= 11 is 0. The van der Waals surface area contributed by atoms with E-state index in [1.807, 2.05) is 41.9 Å². The van der Waals surface area contributed by atoms with Crippen molar-refractivity contribution in [1.29, 1.82) is 0 Å². The van der Waals surface area contributed by atoms with Gasteiger partial charge in [-0.05, 0) is 38.3 Å². The van der Waals surface area contributed by atoms with Crippen LogP contribution in [0.4, 0.5) is 0 Å². The lowest BCUT2D eigenvalue weighted by molar-refractivity contribution is 0.102. The molecule has 0 amide bonds. The molecule has 0 saturated carbocycles. The molecule has 2 aromatic rings. The minimum Gasteiger partial charge on any atom is -0.386 e. The van der Waals surface area contributed by atoms with E-state index >= 15 is 0 Å². The normalized spacial score (nSPS) is 14.4. The summed E-state index contributed by atoms with van der Waals surface area (Å²) in [4.78, 5) is 0. The summed E-state index contributed by atoms with van der Waals surface area (Å²) in [7, 11) is 0. The molecule has 2 atom stereocenters. The van der Waals surface area contributed by atoms with Crippen molar-refractivity contribution in [3.8, 4) is 0 Å². The molecular formula is C16H22N2O. The minimum atomic E-state index is -0.524. The van der Waals surface area contributed by atoms with Crippen LogP contribution in [0.15, 0.2) is 30.3 Å². The Morgan fingerprint density at radius 2 is 1.79 bits per heavy atom. The summed E-state index contributed by atoms with van der Waals surface area (Å²) in [5, 5.41) is 15.2. The third kappa shape index (κ3) is 2.56. The maximum Gasteiger partial charge on any atom is 0.101 e. The van der Waals surface area contributed by atoms with Crippen LogP contribution in [0.1, 0.15) is 48.0 Å². The number of rotatable bonds is 4. The Labute approximate surface area is 114 Å². The highest BCUT2D eigenvalue weighted by atomic mass is 16.3. The van der Waals surface area contributed by atoms with Crippen molar-refractivity contribution in [2.45, 2.75) is 46.3 Å². The maximum atomic E-state index is 10.6. The second-order valence-corrected chi connectivity index (χ2v) is 5.07. The Hall–Kier alpha value is -1.61. The second kappa shape index (κ2) is 5.57. The van der Waals surface area contributed by atoms with E-state index in [0.29, 0.717) is 0 Å². The predicted octanol–water partition coefficient (Wildman–Crippen LogP) is 3.49. The van der Waals surface area contributed by atoms with Crippen LogP contribution in [-0.2, 0) is 0 Å². The first-order valence-electron chi connectivity index (χ1n) is 6.81. The Morgan fingerprint density at radius 3 is 2.26 bits per heavy atom. The van der Waals surface area contributed by atoms with Gasteiger partial charge in [-0.25, -0.2) is 0 Å². The molecule has 1 heterocycles. The van der Waals surface area contributed by atoms with Gasteiger partial charge < -0.3 is 5.11 Å². The van der Waals surface area contributed by atoms with Crippen molar-refractivity contribution in [2.24, 2.45) is 0 Å². The molecular weight excluding hydrogens is 236 g/mol. The van der Waals surface area contributed by atoms with Crippen LogP contribution in [0.25, 0.3) is 0 Å². The van der Waals surface area contributed by atoms with Gasteiger partial charge in [0.15, 0.2) is 0 Å². The second-order valence-electron chi connectivity index (χ2n) is 5.07. The fourth-order valence-electron chi connectivity index (χ4n) is 2.47. The highest BCUT2D eigenvalue weighted by Crippen LogP contribution is 2.30. The molecule has 1 aromatic carbocycles. The molecule has 0 aliphatic rings. The number of nitrogens with zero attached hydrogens (tertiary/aromatic N) is 2. The largest absolute Gasteiger partial charge is 0.386 e. The summed E-state index contributed by atoms with van der Waals surface area (Å²) in [6.45, 7) is 8.24. The molecule has 0 fully saturated rings. The number of aliphatic hydroxyl groups is 1. The van der Waals surface area contributed by atoms with Crippen LogP contribution in [0, 0.1) is 20.8 Å². The molecule has 3 heteroatoms. The number of benzene rings is 1. The minimum absolute atomic E-state index is 0.0187. The third-order valence-electron chi connectivity index (χ3n) is 3.92. The summed E-state index contributed by atoms with van der Waals surface area (Å²) in [5.74, 6) is 0. The van der Waals surface area contributed by atoms with Crippen LogP contribution in [0.5, 0.6) is 0 Å². The van der Waals surface area contributed by atoms with Gasteiger partial charge in [-0.2, -0.15) is 5.10 Å². The number of aliphatic hydroxyl groups excluding tert-OH is 1. The molecule has 1 aromatic heterocycles. The van der Waals surface area contributed by atoms with E-state index in [1.54, 1.807) is 0 Å². The first kappa shape index (κ1) is 13.8. The Kier molecular flexibility index (Phi) is 4.05. The SMILES string of the molecule is CCC(C(O)c1ccccc1)n1nc(C)c(C)c1C. The van der Waals surface area contributed by atoms with E-state index in [1.165, 1.54) is 5.56 Å². The predicted molar refractivity (Wildman–Crippen MR) is 77.2 cm³/mol. The van der Waals surface area contributed by atoms with Crippen LogP contribution >= 0.6 is 0 Å². The molecule has 0 radical (unpaired) electrons.